The summed E-state index contributed by atoms with van der Waals surface area (Å²) in [5.41, 5.74) is 4.64. The normalized spacial score (nSPS) is 15.4. The van der Waals surface area contributed by atoms with E-state index in [1.54, 1.807) is 32.4 Å². The number of anilines is 1. The number of hydrogen-bond donors (Lipinski definition) is 1. The maximum Gasteiger partial charge on any atom is 0.322 e. The number of aryl methyl sites for hydroxylation is 1. The lowest BCUT2D eigenvalue weighted by Crippen LogP contribution is -2.42. The van der Waals surface area contributed by atoms with Gasteiger partial charge < -0.3 is 19.7 Å². The molecular formula is C25H28N2O3S. The molecule has 0 radical (unpaired) electrons. The van der Waals surface area contributed by atoms with E-state index in [1.807, 2.05) is 34.4 Å². The molecule has 1 aliphatic heterocycles. The Morgan fingerprint density at radius 2 is 1.81 bits per heavy atom. The van der Waals surface area contributed by atoms with Crippen molar-refractivity contribution in [2.75, 3.05) is 26.1 Å². The molecule has 4 rings (SSSR count). The lowest BCUT2D eigenvalue weighted by Gasteiger charge is -2.36. The van der Waals surface area contributed by atoms with Crippen LogP contribution in [0.25, 0.3) is 0 Å². The third kappa shape index (κ3) is 4.12. The van der Waals surface area contributed by atoms with Gasteiger partial charge in [0.1, 0.15) is 11.5 Å². The maximum absolute atomic E-state index is 13.5. The van der Waals surface area contributed by atoms with Crippen LogP contribution in [-0.2, 0) is 12.8 Å². The number of hydrogen-bond acceptors (Lipinski definition) is 4. The molecule has 0 spiro atoms. The van der Waals surface area contributed by atoms with Crippen molar-refractivity contribution in [3.05, 3.63) is 75.0 Å². The largest absolute Gasteiger partial charge is 0.497 e. The third-order valence-corrected chi connectivity index (χ3v) is 7.09. The molecule has 2 aromatic carbocycles. The van der Waals surface area contributed by atoms with Gasteiger partial charge in [0.15, 0.2) is 0 Å². The second-order valence-corrected chi connectivity index (χ2v) is 8.88. The van der Waals surface area contributed by atoms with E-state index in [1.165, 1.54) is 20.9 Å². The molecule has 2 heterocycles. The molecule has 162 valence electrons. The Bertz CT molecular complexity index is 1060. The summed E-state index contributed by atoms with van der Waals surface area (Å²) in [6.45, 7) is 5.07. The first-order valence-electron chi connectivity index (χ1n) is 10.5. The van der Waals surface area contributed by atoms with Crippen molar-refractivity contribution in [1.82, 2.24) is 4.90 Å². The SMILES string of the molecule is CCc1c(C)sc2c1CCN(C(=O)Nc1cc(OC)cc(OC)c1)[C@H]2c1ccccc1. The number of carbonyl (C=O) groups is 1. The minimum absolute atomic E-state index is 0.0959. The molecule has 0 saturated carbocycles. The molecule has 0 aliphatic carbocycles. The summed E-state index contributed by atoms with van der Waals surface area (Å²) in [7, 11) is 3.20. The summed E-state index contributed by atoms with van der Waals surface area (Å²) >= 11 is 1.82. The molecule has 5 nitrogen and oxygen atoms in total. The first-order valence-corrected chi connectivity index (χ1v) is 11.3. The number of nitrogens with one attached hydrogen (secondary N) is 1. The van der Waals surface area contributed by atoms with Gasteiger partial charge in [-0.3, -0.25) is 0 Å². The van der Waals surface area contributed by atoms with Crippen molar-refractivity contribution in [3.8, 4) is 11.5 Å². The second kappa shape index (κ2) is 9.02. The Morgan fingerprint density at radius 3 is 2.42 bits per heavy atom. The number of benzene rings is 2. The van der Waals surface area contributed by atoms with Crippen molar-refractivity contribution >= 4 is 23.1 Å². The van der Waals surface area contributed by atoms with Gasteiger partial charge in [-0.05, 0) is 36.5 Å². The molecule has 0 fully saturated rings. The fourth-order valence-electron chi connectivity index (χ4n) is 4.37. The van der Waals surface area contributed by atoms with Gasteiger partial charge in [-0.2, -0.15) is 0 Å². The number of urea groups is 1. The Balaban J connectivity index is 1.70. The number of ether oxygens (including phenoxy) is 2. The number of rotatable bonds is 5. The molecular weight excluding hydrogens is 408 g/mol. The van der Waals surface area contributed by atoms with Crippen LogP contribution in [0, 0.1) is 6.92 Å². The number of thiophene rings is 1. The topological polar surface area (TPSA) is 50.8 Å². The van der Waals surface area contributed by atoms with Gasteiger partial charge in [0, 0.05) is 40.2 Å². The third-order valence-electron chi connectivity index (χ3n) is 5.84. The van der Waals surface area contributed by atoms with Crippen LogP contribution >= 0.6 is 11.3 Å². The van der Waals surface area contributed by atoms with Gasteiger partial charge in [-0.25, -0.2) is 4.79 Å². The molecule has 31 heavy (non-hydrogen) atoms. The van der Waals surface area contributed by atoms with Crippen molar-refractivity contribution < 1.29 is 14.3 Å². The highest BCUT2D eigenvalue weighted by molar-refractivity contribution is 7.12. The summed E-state index contributed by atoms with van der Waals surface area (Å²) in [5.74, 6) is 1.27. The Morgan fingerprint density at radius 1 is 1.13 bits per heavy atom. The van der Waals surface area contributed by atoms with Gasteiger partial charge >= 0.3 is 6.03 Å². The maximum atomic E-state index is 13.5. The van der Waals surface area contributed by atoms with Crippen LogP contribution in [0.1, 0.15) is 39.4 Å². The quantitative estimate of drug-likeness (QED) is 0.549. The fraction of sp³-hybridized carbons (Fsp3) is 0.320. The Hall–Kier alpha value is -2.99. The standard InChI is InChI=1S/C25H28N2O3S/c1-5-21-16(2)31-24-22(21)11-12-27(23(24)17-9-7-6-8-10-17)25(28)26-18-13-19(29-3)15-20(14-18)30-4/h6-10,13-15,23H,5,11-12H2,1-4H3,(H,26,28)/t23-/m0/s1. The predicted molar refractivity (Wildman–Crippen MR) is 126 cm³/mol. The minimum atomic E-state index is -0.126. The van der Waals surface area contributed by atoms with Crippen molar-refractivity contribution in [2.24, 2.45) is 0 Å². The van der Waals surface area contributed by atoms with Gasteiger partial charge in [0.25, 0.3) is 0 Å². The van der Waals surface area contributed by atoms with E-state index in [9.17, 15) is 4.79 Å². The van der Waals surface area contributed by atoms with Gasteiger partial charge in [-0.1, -0.05) is 37.3 Å². The first kappa shape index (κ1) is 21.2. The highest BCUT2D eigenvalue weighted by Crippen LogP contribution is 2.43. The molecule has 0 saturated heterocycles. The molecule has 1 aromatic heterocycles. The molecule has 6 heteroatoms. The Labute approximate surface area is 187 Å². The smallest absolute Gasteiger partial charge is 0.322 e. The number of fused-ring (bicyclic) bond motifs is 1. The summed E-state index contributed by atoms with van der Waals surface area (Å²) in [6.07, 6.45) is 1.90. The lowest BCUT2D eigenvalue weighted by atomic mass is 9.92. The van der Waals surface area contributed by atoms with E-state index in [0.717, 1.165) is 18.4 Å². The molecule has 0 unspecified atom stereocenters. The Kier molecular flexibility index (Phi) is 6.18. The summed E-state index contributed by atoms with van der Waals surface area (Å²) in [4.78, 5) is 18.0. The van der Waals surface area contributed by atoms with E-state index in [2.05, 4.69) is 31.3 Å². The van der Waals surface area contributed by atoms with Crippen molar-refractivity contribution in [1.29, 1.82) is 0 Å². The van der Waals surface area contributed by atoms with Crippen LogP contribution in [0.5, 0.6) is 11.5 Å². The van der Waals surface area contributed by atoms with Crippen LogP contribution in [-0.4, -0.2) is 31.7 Å². The molecule has 2 amide bonds. The zero-order valence-electron chi connectivity index (χ0n) is 18.4. The lowest BCUT2D eigenvalue weighted by molar-refractivity contribution is 0.195. The minimum Gasteiger partial charge on any atom is -0.497 e. The highest BCUT2D eigenvalue weighted by atomic mass is 32.1. The van der Waals surface area contributed by atoms with Gasteiger partial charge in [-0.15, -0.1) is 11.3 Å². The van der Waals surface area contributed by atoms with Crippen LogP contribution in [0.2, 0.25) is 0 Å². The molecule has 3 aromatic rings. The van der Waals surface area contributed by atoms with E-state index >= 15 is 0 Å². The van der Waals surface area contributed by atoms with E-state index in [4.69, 9.17) is 9.47 Å². The van der Waals surface area contributed by atoms with Gasteiger partial charge in [0.05, 0.1) is 20.3 Å². The first-order chi connectivity index (χ1) is 15.0. The van der Waals surface area contributed by atoms with Crippen molar-refractivity contribution in [2.45, 2.75) is 32.7 Å². The number of amides is 2. The van der Waals surface area contributed by atoms with Crippen LogP contribution < -0.4 is 14.8 Å². The fourth-order valence-corrected chi connectivity index (χ4v) is 5.81. The summed E-state index contributed by atoms with van der Waals surface area (Å²) in [6, 6.07) is 15.5. The van der Waals surface area contributed by atoms with E-state index < -0.39 is 0 Å². The zero-order valence-corrected chi connectivity index (χ0v) is 19.2. The molecule has 0 bridgehead atoms. The summed E-state index contributed by atoms with van der Waals surface area (Å²) < 4.78 is 10.7. The predicted octanol–water partition coefficient (Wildman–Crippen LogP) is 5.82. The number of nitrogens with zero attached hydrogens (tertiary/aromatic N) is 1. The van der Waals surface area contributed by atoms with E-state index in [-0.39, 0.29) is 12.1 Å². The average Bonchev–Trinajstić information content (AvgIpc) is 3.13. The van der Waals surface area contributed by atoms with Crippen LogP contribution in [0.4, 0.5) is 10.5 Å². The highest BCUT2D eigenvalue weighted by Gasteiger charge is 2.35. The second-order valence-electron chi connectivity index (χ2n) is 7.62. The van der Waals surface area contributed by atoms with Crippen LogP contribution in [0.3, 0.4) is 0 Å². The molecule has 1 N–H and O–H groups in total. The number of methoxy groups -OCH3 is 2. The average molecular weight is 437 g/mol. The van der Waals surface area contributed by atoms with Gasteiger partial charge in [0.2, 0.25) is 0 Å². The van der Waals surface area contributed by atoms with E-state index in [0.29, 0.717) is 23.7 Å². The molecule has 1 atom stereocenters. The summed E-state index contributed by atoms with van der Waals surface area (Å²) in [5, 5.41) is 3.06. The monoisotopic (exact) mass is 436 g/mol. The van der Waals surface area contributed by atoms with Crippen LogP contribution in [0.15, 0.2) is 48.5 Å². The number of carbonyl (C=O) groups excluding carboxylic acids is 1. The zero-order chi connectivity index (χ0) is 22.0. The molecule has 1 aliphatic rings. The van der Waals surface area contributed by atoms with Crippen molar-refractivity contribution in [3.63, 3.8) is 0 Å².